The summed E-state index contributed by atoms with van der Waals surface area (Å²) in [4.78, 5) is 0. The molecular formula is C17H14ClFO2. The molecule has 0 spiro atoms. The summed E-state index contributed by atoms with van der Waals surface area (Å²) >= 11 is 5.74. The van der Waals surface area contributed by atoms with Gasteiger partial charge in [-0.1, -0.05) is 35.9 Å². The smallest absolute Gasteiger partial charge is 0.134 e. The van der Waals surface area contributed by atoms with Crippen molar-refractivity contribution in [2.24, 2.45) is 0 Å². The maximum atomic E-state index is 13.8. The summed E-state index contributed by atoms with van der Waals surface area (Å²) < 4.78 is 19.5. The minimum Gasteiger partial charge on any atom is -0.461 e. The van der Waals surface area contributed by atoms with Gasteiger partial charge in [-0.15, -0.1) is 0 Å². The first-order chi connectivity index (χ1) is 10.1. The molecule has 108 valence electrons. The Morgan fingerprint density at radius 1 is 1.24 bits per heavy atom. The van der Waals surface area contributed by atoms with Gasteiger partial charge in [-0.25, -0.2) is 4.39 Å². The molecule has 0 aliphatic heterocycles. The number of benzene rings is 2. The molecule has 0 saturated carbocycles. The van der Waals surface area contributed by atoms with Gasteiger partial charge in [0.05, 0.1) is 6.10 Å². The molecule has 1 unspecified atom stereocenters. The number of aryl methyl sites for hydroxylation is 1. The number of aliphatic hydroxyl groups excluding tert-OH is 1. The molecule has 0 aliphatic carbocycles. The molecule has 0 aliphatic rings. The molecule has 21 heavy (non-hydrogen) atoms. The Morgan fingerprint density at radius 3 is 2.76 bits per heavy atom. The molecule has 1 heterocycles. The maximum Gasteiger partial charge on any atom is 0.134 e. The standard InChI is InChI=1S/C17H14ClFO2/c1-10-17(13-4-2-3-5-16(13)21-10)15(20)8-11-6-7-12(18)9-14(11)19/h2-7,9,15,20H,8H2,1H3. The van der Waals surface area contributed by atoms with Crippen molar-refractivity contribution in [3.8, 4) is 0 Å². The molecule has 0 bridgehead atoms. The van der Waals surface area contributed by atoms with E-state index in [0.29, 0.717) is 21.9 Å². The van der Waals surface area contributed by atoms with Gasteiger partial charge in [-0.2, -0.15) is 0 Å². The Morgan fingerprint density at radius 2 is 2.00 bits per heavy atom. The van der Waals surface area contributed by atoms with Gasteiger partial charge in [-0.3, -0.25) is 0 Å². The largest absolute Gasteiger partial charge is 0.461 e. The average molecular weight is 305 g/mol. The number of hydrogen-bond acceptors (Lipinski definition) is 2. The lowest BCUT2D eigenvalue weighted by Gasteiger charge is -2.11. The van der Waals surface area contributed by atoms with E-state index in [1.165, 1.54) is 6.07 Å². The Bertz CT molecular complexity index is 795. The monoisotopic (exact) mass is 304 g/mol. The molecule has 1 atom stereocenters. The van der Waals surface area contributed by atoms with Gasteiger partial charge in [0.1, 0.15) is 17.2 Å². The number of rotatable bonds is 3. The minimum atomic E-state index is -0.829. The van der Waals surface area contributed by atoms with Crippen LogP contribution >= 0.6 is 11.6 Å². The van der Waals surface area contributed by atoms with Crippen molar-refractivity contribution in [1.29, 1.82) is 0 Å². The fourth-order valence-corrected chi connectivity index (χ4v) is 2.76. The van der Waals surface area contributed by atoms with Crippen molar-refractivity contribution in [3.63, 3.8) is 0 Å². The first kappa shape index (κ1) is 14.1. The van der Waals surface area contributed by atoms with Crippen molar-refractivity contribution in [2.75, 3.05) is 0 Å². The molecule has 0 fully saturated rings. The van der Waals surface area contributed by atoms with Crippen LogP contribution in [0.25, 0.3) is 11.0 Å². The number of para-hydroxylation sites is 1. The van der Waals surface area contributed by atoms with Gasteiger partial charge in [0.2, 0.25) is 0 Å². The first-order valence-corrected chi connectivity index (χ1v) is 7.04. The number of furan rings is 1. The van der Waals surface area contributed by atoms with Gasteiger partial charge >= 0.3 is 0 Å². The molecule has 2 nitrogen and oxygen atoms in total. The zero-order valence-electron chi connectivity index (χ0n) is 11.4. The SMILES string of the molecule is Cc1oc2ccccc2c1C(O)Cc1ccc(Cl)cc1F. The third-order valence-corrected chi connectivity index (χ3v) is 3.82. The second-order valence-electron chi connectivity index (χ2n) is 5.02. The minimum absolute atomic E-state index is 0.174. The molecule has 3 rings (SSSR count). The average Bonchev–Trinajstić information content (AvgIpc) is 2.77. The zero-order chi connectivity index (χ0) is 15.0. The Hall–Kier alpha value is -1.84. The normalized spacial score (nSPS) is 12.8. The van der Waals surface area contributed by atoms with E-state index in [9.17, 15) is 9.50 Å². The molecule has 2 aromatic carbocycles. The van der Waals surface area contributed by atoms with E-state index in [1.54, 1.807) is 19.1 Å². The van der Waals surface area contributed by atoms with Gasteiger partial charge in [0.25, 0.3) is 0 Å². The Kier molecular flexibility index (Phi) is 3.70. The second-order valence-corrected chi connectivity index (χ2v) is 5.46. The zero-order valence-corrected chi connectivity index (χ0v) is 12.2. The lowest BCUT2D eigenvalue weighted by atomic mass is 9.98. The van der Waals surface area contributed by atoms with Gasteiger partial charge in [0.15, 0.2) is 0 Å². The second kappa shape index (κ2) is 5.51. The van der Waals surface area contributed by atoms with Gasteiger partial charge < -0.3 is 9.52 Å². The lowest BCUT2D eigenvalue weighted by molar-refractivity contribution is 0.176. The summed E-state index contributed by atoms with van der Waals surface area (Å²) in [5, 5.41) is 11.7. The molecule has 1 aromatic heterocycles. The third kappa shape index (κ3) is 2.67. The number of fused-ring (bicyclic) bond motifs is 1. The van der Waals surface area contributed by atoms with Crippen LogP contribution in [0.3, 0.4) is 0 Å². The van der Waals surface area contributed by atoms with Crippen LogP contribution in [0.4, 0.5) is 4.39 Å². The van der Waals surface area contributed by atoms with E-state index in [0.717, 1.165) is 11.0 Å². The van der Waals surface area contributed by atoms with E-state index >= 15 is 0 Å². The fraction of sp³-hybridized carbons (Fsp3) is 0.176. The highest BCUT2D eigenvalue weighted by Crippen LogP contribution is 2.32. The molecule has 0 radical (unpaired) electrons. The molecule has 3 aromatic rings. The van der Waals surface area contributed by atoms with E-state index in [1.807, 2.05) is 24.3 Å². The van der Waals surface area contributed by atoms with Gasteiger partial charge in [0, 0.05) is 22.4 Å². The highest BCUT2D eigenvalue weighted by molar-refractivity contribution is 6.30. The summed E-state index contributed by atoms with van der Waals surface area (Å²) in [5.41, 5.74) is 1.86. The molecule has 0 saturated heterocycles. The molecular weight excluding hydrogens is 291 g/mol. The molecule has 1 N–H and O–H groups in total. The predicted octanol–water partition coefficient (Wildman–Crippen LogP) is 4.81. The van der Waals surface area contributed by atoms with Crippen molar-refractivity contribution in [2.45, 2.75) is 19.4 Å². The summed E-state index contributed by atoms with van der Waals surface area (Å²) in [7, 11) is 0. The van der Waals surface area contributed by atoms with E-state index in [2.05, 4.69) is 0 Å². The van der Waals surface area contributed by atoms with Crippen LogP contribution in [0, 0.1) is 12.7 Å². The van der Waals surface area contributed by atoms with Crippen LogP contribution in [-0.4, -0.2) is 5.11 Å². The van der Waals surface area contributed by atoms with Gasteiger partial charge in [-0.05, 0) is 30.7 Å². The summed E-state index contributed by atoms with van der Waals surface area (Å²) in [6, 6.07) is 12.0. The van der Waals surface area contributed by atoms with Crippen LogP contribution in [0.1, 0.15) is 23.0 Å². The van der Waals surface area contributed by atoms with Crippen molar-refractivity contribution in [1.82, 2.24) is 0 Å². The topological polar surface area (TPSA) is 33.4 Å². The highest BCUT2D eigenvalue weighted by Gasteiger charge is 2.20. The van der Waals surface area contributed by atoms with E-state index in [4.69, 9.17) is 16.0 Å². The predicted molar refractivity (Wildman–Crippen MR) is 81.0 cm³/mol. The fourth-order valence-electron chi connectivity index (χ4n) is 2.60. The van der Waals surface area contributed by atoms with Crippen molar-refractivity contribution in [3.05, 3.63) is 70.2 Å². The van der Waals surface area contributed by atoms with Crippen LogP contribution in [0.15, 0.2) is 46.9 Å². The first-order valence-electron chi connectivity index (χ1n) is 6.66. The highest BCUT2D eigenvalue weighted by atomic mass is 35.5. The molecule has 4 heteroatoms. The van der Waals surface area contributed by atoms with Crippen molar-refractivity contribution < 1.29 is 13.9 Å². The van der Waals surface area contributed by atoms with E-state index in [-0.39, 0.29) is 6.42 Å². The van der Waals surface area contributed by atoms with Crippen LogP contribution in [-0.2, 0) is 6.42 Å². The Labute approximate surface area is 126 Å². The van der Waals surface area contributed by atoms with Crippen LogP contribution in [0.5, 0.6) is 0 Å². The summed E-state index contributed by atoms with van der Waals surface area (Å²) in [6.45, 7) is 1.80. The van der Waals surface area contributed by atoms with Crippen LogP contribution in [0.2, 0.25) is 5.02 Å². The third-order valence-electron chi connectivity index (χ3n) is 3.58. The Balaban J connectivity index is 1.97. The maximum absolute atomic E-state index is 13.8. The van der Waals surface area contributed by atoms with E-state index < -0.39 is 11.9 Å². The van der Waals surface area contributed by atoms with Crippen LogP contribution < -0.4 is 0 Å². The lowest BCUT2D eigenvalue weighted by Crippen LogP contribution is -2.04. The summed E-state index contributed by atoms with van der Waals surface area (Å²) in [5.74, 6) is 0.241. The molecule has 0 amide bonds. The number of hydrogen-bond donors (Lipinski definition) is 1. The number of halogens is 2. The quantitative estimate of drug-likeness (QED) is 0.753. The number of aliphatic hydroxyl groups is 1. The van der Waals surface area contributed by atoms with Crippen molar-refractivity contribution >= 4 is 22.6 Å². The summed E-state index contributed by atoms with van der Waals surface area (Å²) in [6.07, 6.45) is -0.655.